The fourth-order valence-electron chi connectivity index (χ4n) is 4.21. The third-order valence-electron chi connectivity index (χ3n) is 5.66. The number of rotatable bonds is 5. The average molecular weight is 413 g/mol. The monoisotopic (exact) mass is 413 g/mol. The number of carbonyl (C=O) groups is 1. The van der Waals surface area contributed by atoms with Crippen LogP contribution in [0.3, 0.4) is 0 Å². The standard InChI is InChI=1S/C24H23N5O2/c1-2-15-28-24(31)18-12-7-6-11-17(18)21(27-28)23(30)25-22-19-13-8-14-20(19)26-29(22)16-9-4-3-5-10-16/h3-7,9-12H,2,8,13-15H2,1H3,(H,25,30). The predicted octanol–water partition coefficient (Wildman–Crippen LogP) is 3.73. The van der Waals surface area contributed by atoms with Crippen molar-refractivity contribution in [3.63, 3.8) is 0 Å². The van der Waals surface area contributed by atoms with Gasteiger partial charge in [0.25, 0.3) is 11.5 Å². The van der Waals surface area contributed by atoms with Crippen molar-refractivity contribution in [2.75, 3.05) is 5.32 Å². The number of nitrogens with zero attached hydrogens (tertiary/aromatic N) is 4. The second-order valence-electron chi connectivity index (χ2n) is 7.75. The van der Waals surface area contributed by atoms with Gasteiger partial charge in [-0.15, -0.1) is 0 Å². The number of anilines is 1. The van der Waals surface area contributed by atoms with Gasteiger partial charge < -0.3 is 5.32 Å². The Kier molecular flexibility index (Phi) is 4.86. The van der Waals surface area contributed by atoms with Crippen molar-refractivity contribution in [1.82, 2.24) is 19.6 Å². The first-order valence-corrected chi connectivity index (χ1v) is 10.6. The van der Waals surface area contributed by atoms with Crippen LogP contribution >= 0.6 is 0 Å². The topological polar surface area (TPSA) is 81.8 Å². The highest BCUT2D eigenvalue weighted by Gasteiger charge is 2.26. The quantitative estimate of drug-likeness (QED) is 0.540. The lowest BCUT2D eigenvalue weighted by Crippen LogP contribution is -2.28. The molecule has 1 aliphatic carbocycles. The summed E-state index contributed by atoms with van der Waals surface area (Å²) in [4.78, 5) is 26.2. The number of aromatic nitrogens is 4. The number of amides is 1. The van der Waals surface area contributed by atoms with E-state index in [0.717, 1.165) is 42.6 Å². The van der Waals surface area contributed by atoms with Gasteiger partial charge in [-0.25, -0.2) is 9.36 Å². The van der Waals surface area contributed by atoms with Crippen molar-refractivity contribution in [2.45, 2.75) is 39.2 Å². The first-order chi connectivity index (χ1) is 15.2. The van der Waals surface area contributed by atoms with Crippen LogP contribution in [-0.4, -0.2) is 25.5 Å². The minimum Gasteiger partial charge on any atom is -0.305 e. The zero-order chi connectivity index (χ0) is 21.4. The van der Waals surface area contributed by atoms with E-state index in [-0.39, 0.29) is 17.2 Å². The number of benzene rings is 2. The first kappa shape index (κ1) is 19.2. The van der Waals surface area contributed by atoms with Crippen LogP contribution in [0.1, 0.15) is 41.5 Å². The molecule has 1 aliphatic rings. The Balaban J connectivity index is 1.62. The summed E-state index contributed by atoms with van der Waals surface area (Å²) in [6, 6.07) is 16.9. The Morgan fingerprint density at radius 3 is 2.52 bits per heavy atom. The van der Waals surface area contributed by atoms with Crippen molar-refractivity contribution >= 4 is 22.5 Å². The molecule has 5 rings (SSSR count). The van der Waals surface area contributed by atoms with E-state index in [1.165, 1.54) is 4.68 Å². The number of fused-ring (bicyclic) bond motifs is 2. The Hall–Kier alpha value is -3.74. The molecule has 156 valence electrons. The molecule has 7 heteroatoms. The number of para-hydroxylation sites is 1. The summed E-state index contributed by atoms with van der Waals surface area (Å²) in [5.74, 6) is 0.343. The van der Waals surface area contributed by atoms with E-state index in [1.54, 1.807) is 22.9 Å². The summed E-state index contributed by atoms with van der Waals surface area (Å²) in [6.07, 6.45) is 3.56. The van der Waals surface area contributed by atoms with Gasteiger partial charge in [0, 0.05) is 17.5 Å². The highest BCUT2D eigenvalue weighted by molar-refractivity contribution is 6.11. The second-order valence-corrected chi connectivity index (χ2v) is 7.75. The lowest BCUT2D eigenvalue weighted by atomic mass is 10.1. The van der Waals surface area contributed by atoms with Gasteiger partial charge >= 0.3 is 0 Å². The molecule has 0 saturated heterocycles. The zero-order valence-corrected chi connectivity index (χ0v) is 17.3. The third kappa shape index (κ3) is 3.32. The molecule has 7 nitrogen and oxygen atoms in total. The van der Waals surface area contributed by atoms with Crippen molar-refractivity contribution < 1.29 is 4.79 Å². The Morgan fingerprint density at radius 1 is 1.00 bits per heavy atom. The van der Waals surface area contributed by atoms with Crippen molar-refractivity contribution in [1.29, 1.82) is 0 Å². The van der Waals surface area contributed by atoms with E-state index >= 15 is 0 Å². The van der Waals surface area contributed by atoms with Crippen LogP contribution in [0.2, 0.25) is 0 Å². The lowest BCUT2D eigenvalue weighted by molar-refractivity contribution is 0.102. The van der Waals surface area contributed by atoms with Gasteiger partial charge in [0.15, 0.2) is 5.69 Å². The maximum atomic E-state index is 13.4. The number of nitrogens with one attached hydrogen (secondary N) is 1. The molecule has 0 bridgehead atoms. The Bertz CT molecular complexity index is 1340. The maximum absolute atomic E-state index is 13.4. The smallest absolute Gasteiger partial charge is 0.277 e. The number of aryl methyl sites for hydroxylation is 2. The average Bonchev–Trinajstić information content (AvgIpc) is 3.39. The molecule has 1 amide bonds. The van der Waals surface area contributed by atoms with E-state index in [0.29, 0.717) is 23.1 Å². The van der Waals surface area contributed by atoms with E-state index in [4.69, 9.17) is 5.10 Å². The molecule has 0 fully saturated rings. The van der Waals surface area contributed by atoms with E-state index in [9.17, 15) is 9.59 Å². The summed E-state index contributed by atoms with van der Waals surface area (Å²) < 4.78 is 3.18. The lowest BCUT2D eigenvalue weighted by Gasteiger charge is -2.13. The van der Waals surface area contributed by atoms with Gasteiger partial charge in [0.05, 0.1) is 16.8 Å². The summed E-state index contributed by atoms with van der Waals surface area (Å²) in [6.45, 7) is 2.44. The molecule has 0 radical (unpaired) electrons. The predicted molar refractivity (Wildman–Crippen MR) is 120 cm³/mol. The molecular weight excluding hydrogens is 390 g/mol. The van der Waals surface area contributed by atoms with Crippen molar-refractivity contribution in [2.24, 2.45) is 0 Å². The van der Waals surface area contributed by atoms with Crippen LogP contribution in [0.15, 0.2) is 59.4 Å². The van der Waals surface area contributed by atoms with Gasteiger partial charge in [-0.05, 0) is 43.9 Å². The fraction of sp³-hybridized carbons (Fsp3) is 0.250. The number of hydrogen-bond acceptors (Lipinski definition) is 4. The van der Waals surface area contributed by atoms with Crippen LogP contribution in [0.25, 0.3) is 16.5 Å². The molecule has 0 saturated carbocycles. The van der Waals surface area contributed by atoms with Crippen LogP contribution < -0.4 is 10.9 Å². The molecule has 0 aliphatic heterocycles. The molecule has 2 heterocycles. The molecule has 2 aromatic heterocycles. The number of hydrogen-bond donors (Lipinski definition) is 1. The van der Waals surface area contributed by atoms with Gasteiger partial charge in [-0.2, -0.15) is 10.2 Å². The zero-order valence-electron chi connectivity index (χ0n) is 17.3. The second kappa shape index (κ2) is 7.83. The summed E-state index contributed by atoms with van der Waals surface area (Å²) >= 11 is 0. The minimum atomic E-state index is -0.340. The van der Waals surface area contributed by atoms with E-state index in [2.05, 4.69) is 10.4 Å². The minimum absolute atomic E-state index is 0.177. The number of carbonyl (C=O) groups excluding carboxylic acids is 1. The van der Waals surface area contributed by atoms with Gasteiger partial charge in [0.1, 0.15) is 5.82 Å². The summed E-state index contributed by atoms with van der Waals surface area (Å²) in [5, 5.41) is 13.3. The first-order valence-electron chi connectivity index (χ1n) is 10.6. The summed E-state index contributed by atoms with van der Waals surface area (Å²) in [7, 11) is 0. The molecular formula is C24H23N5O2. The molecule has 0 unspecified atom stereocenters. The molecule has 2 aromatic carbocycles. The maximum Gasteiger partial charge on any atom is 0.277 e. The molecule has 0 spiro atoms. The Morgan fingerprint density at radius 2 is 1.74 bits per heavy atom. The largest absolute Gasteiger partial charge is 0.305 e. The fourth-order valence-corrected chi connectivity index (χ4v) is 4.21. The molecule has 4 aromatic rings. The van der Waals surface area contributed by atoms with Gasteiger partial charge in [-0.1, -0.05) is 43.3 Å². The normalized spacial score (nSPS) is 12.8. The summed E-state index contributed by atoms with van der Waals surface area (Å²) in [5.41, 5.74) is 3.05. The van der Waals surface area contributed by atoms with Crippen LogP contribution in [0.4, 0.5) is 5.82 Å². The highest BCUT2D eigenvalue weighted by atomic mass is 16.2. The molecule has 31 heavy (non-hydrogen) atoms. The molecule has 0 atom stereocenters. The SMILES string of the molecule is CCCn1nc(C(=O)Nc2c3c(nn2-c2ccccc2)CCC3)c2ccccc2c1=O. The van der Waals surface area contributed by atoms with Crippen LogP contribution in [-0.2, 0) is 19.4 Å². The Labute approximate surface area is 179 Å². The van der Waals surface area contributed by atoms with E-state index < -0.39 is 0 Å². The van der Waals surface area contributed by atoms with Gasteiger partial charge in [0.2, 0.25) is 0 Å². The highest BCUT2D eigenvalue weighted by Crippen LogP contribution is 2.31. The van der Waals surface area contributed by atoms with E-state index in [1.807, 2.05) is 43.3 Å². The van der Waals surface area contributed by atoms with Crippen molar-refractivity contribution in [3.8, 4) is 5.69 Å². The molecule has 1 N–H and O–H groups in total. The van der Waals surface area contributed by atoms with Gasteiger partial charge in [-0.3, -0.25) is 9.59 Å². The van der Waals surface area contributed by atoms with Crippen molar-refractivity contribution in [3.05, 3.63) is 81.9 Å². The third-order valence-corrected chi connectivity index (χ3v) is 5.66. The van der Waals surface area contributed by atoms with Crippen LogP contribution in [0.5, 0.6) is 0 Å². The van der Waals surface area contributed by atoms with Crippen LogP contribution in [0, 0.1) is 0 Å².